The van der Waals surface area contributed by atoms with Crippen LogP contribution in [0, 0.1) is 0 Å². The van der Waals surface area contributed by atoms with Gasteiger partial charge >= 0.3 is 0 Å². The Labute approximate surface area is 211 Å². The second kappa shape index (κ2) is 11.3. The van der Waals surface area contributed by atoms with E-state index in [0.717, 1.165) is 6.26 Å². The highest BCUT2D eigenvalue weighted by atomic mass is 32.2. The van der Waals surface area contributed by atoms with Gasteiger partial charge in [-0.15, -0.1) is 6.58 Å². The monoisotopic (exact) mass is 529 g/mol. The summed E-state index contributed by atoms with van der Waals surface area (Å²) in [5.41, 5.74) is 1.50. The van der Waals surface area contributed by atoms with Gasteiger partial charge in [-0.2, -0.15) is 0 Å². The van der Waals surface area contributed by atoms with Crippen LogP contribution in [0.2, 0.25) is 0 Å². The largest absolute Gasteiger partial charge is 0.494 e. The topological polar surface area (TPSA) is 122 Å². The SMILES string of the molecule is C=CCN(c1ccc(C(=O)Nc2ccc(S(=O)(=O)Nc3ccc(OCC)cc3)cc2)cc1)S(C)(=O)=O. The van der Waals surface area contributed by atoms with Gasteiger partial charge in [-0.05, 0) is 79.7 Å². The molecule has 0 aliphatic rings. The van der Waals surface area contributed by atoms with Crippen molar-refractivity contribution in [3.05, 3.63) is 91.0 Å². The second-order valence-corrected chi connectivity index (χ2v) is 11.3. The van der Waals surface area contributed by atoms with Crippen molar-refractivity contribution >= 4 is 43.0 Å². The van der Waals surface area contributed by atoms with Gasteiger partial charge in [0.25, 0.3) is 15.9 Å². The van der Waals surface area contributed by atoms with Gasteiger partial charge in [-0.3, -0.25) is 13.8 Å². The molecule has 2 N–H and O–H groups in total. The zero-order chi connectivity index (χ0) is 26.3. The molecule has 0 saturated carbocycles. The molecule has 0 aliphatic heterocycles. The fraction of sp³-hybridized carbons (Fsp3) is 0.160. The Bertz CT molecular complexity index is 1420. The Balaban J connectivity index is 1.67. The third-order valence-electron chi connectivity index (χ3n) is 4.95. The van der Waals surface area contributed by atoms with Crippen molar-refractivity contribution in [1.29, 1.82) is 0 Å². The van der Waals surface area contributed by atoms with Crippen LogP contribution in [-0.2, 0) is 20.0 Å². The van der Waals surface area contributed by atoms with Crippen molar-refractivity contribution < 1.29 is 26.4 Å². The van der Waals surface area contributed by atoms with E-state index in [-0.39, 0.29) is 11.4 Å². The fourth-order valence-corrected chi connectivity index (χ4v) is 5.19. The van der Waals surface area contributed by atoms with Crippen molar-refractivity contribution in [3.8, 4) is 5.75 Å². The highest BCUT2D eigenvalue weighted by molar-refractivity contribution is 7.92. The molecule has 0 aromatic heterocycles. The molecule has 3 aromatic rings. The highest BCUT2D eigenvalue weighted by Crippen LogP contribution is 2.22. The van der Waals surface area contributed by atoms with Crippen LogP contribution in [0.3, 0.4) is 0 Å². The summed E-state index contributed by atoms with van der Waals surface area (Å²) in [5, 5.41) is 2.69. The lowest BCUT2D eigenvalue weighted by atomic mass is 10.2. The smallest absolute Gasteiger partial charge is 0.261 e. The summed E-state index contributed by atoms with van der Waals surface area (Å²) in [6.45, 7) is 6.04. The molecule has 3 aromatic carbocycles. The van der Waals surface area contributed by atoms with Gasteiger partial charge in [-0.25, -0.2) is 16.8 Å². The molecular formula is C25H27N3O6S2. The summed E-state index contributed by atoms with van der Waals surface area (Å²) in [6.07, 6.45) is 2.56. The molecule has 0 aliphatic carbocycles. The van der Waals surface area contributed by atoms with Crippen molar-refractivity contribution in [1.82, 2.24) is 0 Å². The Morgan fingerprint density at radius 2 is 1.50 bits per heavy atom. The van der Waals surface area contributed by atoms with Crippen LogP contribution in [0.4, 0.5) is 17.1 Å². The zero-order valence-corrected chi connectivity index (χ0v) is 21.5. The van der Waals surface area contributed by atoms with E-state index >= 15 is 0 Å². The first-order chi connectivity index (χ1) is 17.0. The minimum absolute atomic E-state index is 0.0295. The van der Waals surface area contributed by atoms with E-state index < -0.39 is 26.0 Å². The predicted octanol–water partition coefficient (Wildman–Crippen LogP) is 4.09. The molecule has 11 heteroatoms. The summed E-state index contributed by atoms with van der Waals surface area (Å²) in [7, 11) is -7.33. The number of benzene rings is 3. The Hall–Kier alpha value is -3.83. The molecule has 1 amide bonds. The van der Waals surface area contributed by atoms with E-state index in [2.05, 4.69) is 16.6 Å². The Morgan fingerprint density at radius 1 is 0.917 bits per heavy atom. The van der Waals surface area contributed by atoms with Crippen LogP contribution < -0.4 is 19.1 Å². The first kappa shape index (κ1) is 26.8. The van der Waals surface area contributed by atoms with Gasteiger partial charge in [0.2, 0.25) is 10.0 Å². The van der Waals surface area contributed by atoms with Crippen LogP contribution in [0.5, 0.6) is 5.75 Å². The number of ether oxygens (including phenoxy) is 1. The Kier molecular flexibility index (Phi) is 8.38. The van der Waals surface area contributed by atoms with Crippen molar-refractivity contribution in [2.24, 2.45) is 0 Å². The molecule has 190 valence electrons. The predicted molar refractivity (Wildman–Crippen MR) is 142 cm³/mol. The van der Waals surface area contributed by atoms with Gasteiger partial charge in [0.05, 0.1) is 30.0 Å². The van der Waals surface area contributed by atoms with Gasteiger partial charge < -0.3 is 10.1 Å². The number of sulfonamides is 2. The molecule has 0 fully saturated rings. The maximum absolute atomic E-state index is 12.7. The number of nitrogens with zero attached hydrogens (tertiary/aromatic N) is 1. The number of anilines is 3. The van der Waals surface area contributed by atoms with Crippen LogP contribution in [-0.4, -0.2) is 42.2 Å². The average molecular weight is 530 g/mol. The highest BCUT2D eigenvalue weighted by Gasteiger charge is 2.17. The van der Waals surface area contributed by atoms with Gasteiger partial charge in [0.1, 0.15) is 5.75 Å². The van der Waals surface area contributed by atoms with Crippen molar-refractivity contribution in [3.63, 3.8) is 0 Å². The second-order valence-electron chi connectivity index (χ2n) is 7.67. The average Bonchev–Trinajstić information content (AvgIpc) is 2.83. The molecule has 0 atom stereocenters. The summed E-state index contributed by atoms with van der Waals surface area (Å²) in [5.74, 6) is 0.207. The van der Waals surface area contributed by atoms with E-state index in [1.807, 2.05) is 6.92 Å². The standard InChI is InChI=1S/C25H27N3O6S2/c1-4-18-28(35(3,30)31)22-12-6-19(7-13-22)25(29)26-20-10-16-24(17-11-20)36(32,33)27-21-8-14-23(15-9-21)34-5-2/h4,6-17,27H,1,5,18H2,2-3H3,(H,26,29). The van der Waals surface area contributed by atoms with Crippen LogP contribution in [0.15, 0.2) is 90.3 Å². The van der Waals surface area contributed by atoms with E-state index in [0.29, 0.717) is 35.0 Å². The minimum Gasteiger partial charge on any atom is -0.494 e. The molecule has 3 rings (SSSR count). The lowest BCUT2D eigenvalue weighted by Gasteiger charge is -2.20. The fourth-order valence-electron chi connectivity index (χ4n) is 3.25. The zero-order valence-electron chi connectivity index (χ0n) is 19.8. The summed E-state index contributed by atoms with van der Waals surface area (Å²) < 4.78 is 58.3. The maximum atomic E-state index is 12.7. The maximum Gasteiger partial charge on any atom is 0.261 e. The number of hydrogen-bond donors (Lipinski definition) is 2. The number of carbonyl (C=O) groups excluding carboxylic acids is 1. The summed E-state index contributed by atoms with van der Waals surface area (Å²) >= 11 is 0. The molecule has 36 heavy (non-hydrogen) atoms. The van der Waals surface area contributed by atoms with Gasteiger partial charge in [0.15, 0.2) is 0 Å². The Morgan fingerprint density at radius 3 is 2.03 bits per heavy atom. The third-order valence-corrected chi connectivity index (χ3v) is 7.51. The number of hydrogen-bond acceptors (Lipinski definition) is 6. The molecule has 0 bridgehead atoms. The third kappa shape index (κ3) is 6.86. The molecule has 9 nitrogen and oxygen atoms in total. The van der Waals surface area contributed by atoms with Crippen LogP contribution in [0.1, 0.15) is 17.3 Å². The number of rotatable bonds is 11. The molecular weight excluding hydrogens is 502 g/mol. The summed E-state index contributed by atoms with van der Waals surface area (Å²) in [4.78, 5) is 12.6. The van der Waals surface area contributed by atoms with E-state index in [4.69, 9.17) is 4.74 Å². The molecule has 0 heterocycles. The normalized spacial score (nSPS) is 11.4. The van der Waals surface area contributed by atoms with Crippen molar-refractivity contribution in [2.45, 2.75) is 11.8 Å². The molecule has 0 saturated heterocycles. The van der Waals surface area contributed by atoms with E-state index in [9.17, 15) is 21.6 Å². The summed E-state index contributed by atoms with van der Waals surface area (Å²) in [6, 6.07) is 18.4. The van der Waals surface area contributed by atoms with Crippen LogP contribution in [0.25, 0.3) is 0 Å². The van der Waals surface area contributed by atoms with Gasteiger partial charge in [0, 0.05) is 16.9 Å². The number of amides is 1. The van der Waals surface area contributed by atoms with Crippen molar-refractivity contribution in [2.75, 3.05) is 33.8 Å². The van der Waals surface area contributed by atoms with E-state index in [1.54, 1.807) is 24.3 Å². The van der Waals surface area contributed by atoms with E-state index in [1.165, 1.54) is 58.9 Å². The lowest BCUT2D eigenvalue weighted by molar-refractivity contribution is 0.102. The van der Waals surface area contributed by atoms with Gasteiger partial charge in [-0.1, -0.05) is 6.08 Å². The van der Waals surface area contributed by atoms with Crippen LogP contribution >= 0.6 is 0 Å². The first-order valence-electron chi connectivity index (χ1n) is 10.9. The lowest BCUT2D eigenvalue weighted by Crippen LogP contribution is -2.29. The number of nitrogens with one attached hydrogen (secondary N) is 2. The quantitative estimate of drug-likeness (QED) is 0.361. The number of carbonyl (C=O) groups is 1. The molecule has 0 spiro atoms. The molecule has 0 unspecified atom stereocenters. The first-order valence-corrected chi connectivity index (χ1v) is 14.2. The molecule has 0 radical (unpaired) electrons. The minimum atomic E-state index is -3.83.